The molecule has 1 aliphatic rings. The van der Waals surface area contributed by atoms with E-state index in [1.165, 1.54) is 5.56 Å². The summed E-state index contributed by atoms with van der Waals surface area (Å²) in [6, 6.07) is 8.02. The molecule has 1 aliphatic heterocycles. The summed E-state index contributed by atoms with van der Waals surface area (Å²) in [6.07, 6.45) is 2.71. The van der Waals surface area contributed by atoms with E-state index in [0.29, 0.717) is 12.5 Å². The molecule has 0 saturated carbocycles. The van der Waals surface area contributed by atoms with E-state index in [1.807, 2.05) is 56.6 Å². The van der Waals surface area contributed by atoms with E-state index in [0.717, 1.165) is 44.5 Å². The van der Waals surface area contributed by atoms with Gasteiger partial charge in [0.25, 0.3) is 5.91 Å². The topological polar surface area (TPSA) is 49.9 Å². The third-order valence-electron chi connectivity index (χ3n) is 5.06. The summed E-state index contributed by atoms with van der Waals surface area (Å²) in [6.45, 7) is 12.6. The second-order valence-corrected chi connectivity index (χ2v) is 8.19. The van der Waals surface area contributed by atoms with Crippen LogP contribution < -0.4 is 0 Å². The minimum absolute atomic E-state index is 0.0866. The van der Waals surface area contributed by atoms with Crippen molar-refractivity contribution in [1.82, 2.24) is 9.80 Å². The van der Waals surface area contributed by atoms with E-state index in [2.05, 4.69) is 12.1 Å². The Hall–Kier alpha value is -2.04. The molecule has 0 radical (unpaired) electrons. The molecule has 1 aromatic carbocycles. The molecular formula is C22H34N2O3. The molecule has 5 nitrogen and oxygen atoms in total. The van der Waals surface area contributed by atoms with Gasteiger partial charge in [0.05, 0.1) is 0 Å². The van der Waals surface area contributed by atoms with Gasteiger partial charge >= 0.3 is 6.09 Å². The second-order valence-electron chi connectivity index (χ2n) is 8.19. The number of carbonyl (C=O) groups excluding carboxylic acids is 2. The van der Waals surface area contributed by atoms with Gasteiger partial charge in [0.15, 0.2) is 0 Å². The molecule has 2 rings (SSSR count). The van der Waals surface area contributed by atoms with Crippen LogP contribution in [0.3, 0.4) is 0 Å². The average Bonchev–Trinajstić information content (AvgIpc) is 2.87. The number of nitrogens with zero attached hydrogens (tertiary/aromatic N) is 2. The average molecular weight is 375 g/mol. The number of rotatable bonds is 4. The van der Waals surface area contributed by atoms with Crippen molar-refractivity contribution in [2.45, 2.75) is 65.4 Å². The van der Waals surface area contributed by atoms with Crippen LogP contribution in [0.4, 0.5) is 4.79 Å². The minimum atomic E-state index is -0.462. The Morgan fingerprint density at radius 1 is 1.07 bits per heavy atom. The summed E-state index contributed by atoms with van der Waals surface area (Å²) >= 11 is 0. The first-order valence-electron chi connectivity index (χ1n) is 10.1. The Morgan fingerprint density at radius 2 is 1.70 bits per heavy atom. The summed E-state index contributed by atoms with van der Waals surface area (Å²) in [5, 5.41) is 0. The molecule has 1 fully saturated rings. The van der Waals surface area contributed by atoms with Gasteiger partial charge in [-0.3, -0.25) is 4.79 Å². The maximum Gasteiger partial charge on any atom is 0.410 e. The molecule has 0 bridgehead atoms. The summed E-state index contributed by atoms with van der Waals surface area (Å²) < 4.78 is 5.50. The normalized spacial score (nSPS) is 18.0. The fourth-order valence-electron chi connectivity index (χ4n) is 3.53. The Bertz CT molecular complexity index is 630. The molecule has 0 unspecified atom stereocenters. The van der Waals surface area contributed by atoms with Crippen LogP contribution in [0.15, 0.2) is 24.3 Å². The van der Waals surface area contributed by atoms with Crippen molar-refractivity contribution >= 4 is 12.0 Å². The molecule has 2 amide bonds. The van der Waals surface area contributed by atoms with Crippen LogP contribution in [-0.2, 0) is 4.74 Å². The highest BCUT2D eigenvalue weighted by Gasteiger charge is 2.26. The molecular weight excluding hydrogens is 340 g/mol. The maximum atomic E-state index is 12.4. The molecule has 5 heteroatoms. The first-order valence-corrected chi connectivity index (χ1v) is 10.1. The Kier molecular flexibility index (Phi) is 7.28. The van der Waals surface area contributed by atoms with Gasteiger partial charge in [-0.1, -0.05) is 12.1 Å². The van der Waals surface area contributed by atoms with Gasteiger partial charge < -0.3 is 14.5 Å². The molecule has 1 aromatic rings. The summed E-state index contributed by atoms with van der Waals surface area (Å²) in [5.74, 6) is 0.499. The van der Waals surface area contributed by atoms with Gasteiger partial charge in [-0.15, -0.1) is 0 Å². The van der Waals surface area contributed by atoms with Crippen molar-refractivity contribution in [3.8, 4) is 0 Å². The van der Waals surface area contributed by atoms with Crippen LogP contribution >= 0.6 is 0 Å². The number of benzene rings is 1. The number of hydrogen-bond acceptors (Lipinski definition) is 3. The number of carbonyl (C=O) groups is 2. The van der Waals surface area contributed by atoms with Crippen LogP contribution in [0.2, 0.25) is 0 Å². The van der Waals surface area contributed by atoms with E-state index in [4.69, 9.17) is 4.74 Å². The summed E-state index contributed by atoms with van der Waals surface area (Å²) in [4.78, 5) is 28.4. The standard InChI is InChI=1S/C22H34N2O3/c1-6-23(7-2)20(25)19-12-10-18(11-13-19)17-9-8-15-24(16-14-17)21(26)27-22(3,4)5/h10-13,17H,6-9,14-16H2,1-5H3/t17-/m1/s1. The quantitative estimate of drug-likeness (QED) is 0.769. The first-order chi connectivity index (χ1) is 12.7. The zero-order valence-electron chi connectivity index (χ0n) is 17.5. The Morgan fingerprint density at radius 3 is 2.26 bits per heavy atom. The molecule has 0 aromatic heterocycles. The van der Waals surface area contributed by atoms with E-state index in [9.17, 15) is 9.59 Å². The third-order valence-corrected chi connectivity index (χ3v) is 5.06. The molecule has 150 valence electrons. The zero-order chi connectivity index (χ0) is 20.0. The van der Waals surface area contributed by atoms with Crippen LogP contribution in [0.1, 0.15) is 75.7 Å². The van der Waals surface area contributed by atoms with Gasteiger partial charge in [-0.25, -0.2) is 4.79 Å². The van der Waals surface area contributed by atoms with Crippen molar-refractivity contribution in [1.29, 1.82) is 0 Å². The van der Waals surface area contributed by atoms with Gasteiger partial charge in [0, 0.05) is 31.7 Å². The predicted molar refractivity (Wildman–Crippen MR) is 108 cm³/mol. The van der Waals surface area contributed by atoms with E-state index in [1.54, 1.807) is 0 Å². The van der Waals surface area contributed by atoms with Gasteiger partial charge in [-0.2, -0.15) is 0 Å². The minimum Gasteiger partial charge on any atom is -0.444 e. The SMILES string of the molecule is CCN(CC)C(=O)c1ccc([C@@H]2CCCN(C(=O)OC(C)(C)C)CC2)cc1. The highest BCUT2D eigenvalue weighted by atomic mass is 16.6. The van der Waals surface area contributed by atoms with Gasteiger partial charge in [0.1, 0.15) is 5.60 Å². The lowest BCUT2D eigenvalue weighted by molar-refractivity contribution is 0.0256. The smallest absolute Gasteiger partial charge is 0.410 e. The zero-order valence-corrected chi connectivity index (χ0v) is 17.5. The van der Waals surface area contributed by atoms with Gasteiger partial charge in [0.2, 0.25) is 0 Å². The third kappa shape index (κ3) is 5.98. The molecule has 0 N–H and O–H groups in total. The lowest BCUT2D eigenvalue weighted by Crippen LogP contribution is -2.37. The summed E-state index contributed by atoms with van der Waals surface area (Å²) in [5.41, 5.74) is 1.53. The molecule has 1 atom stereocenters. The molecule has 0 aliphatic carbocycles. The van der Waals surface area contributed by atoms with Crippen molar-refractivity contribution in [2.75, 3.05) is 26.2 Å². The predicted octanol–water partition coefficient (Wildman–Crippen LogP) is 4.67. The highest BCUT2D eigenvalue weighted by Crippen LogP contribution is 2.29. The largest absolute Gasteiger partial charge is 0.444 e. The fraction of sp³-hybridized carbons (Fsp3) is 0.636. The fourth-order valence-corrected chi connectivity index (χ4v) is 3.53. The molecule has 27 heavy (non-hydrogen) atoms. The van der Waals surface area contributed by atoms with Crippen LogP contribution in [-0.4, -0.2) is 53.6 Å². The lowest BCUT2D eigenvalue weighted by Gasteiger charge is -2.26. The Balaban J connectivity index is 1.99. The first kappa shape index (κ1) is 21.3. The highest BCUT2D eigenvalue weighted by molar-refractivity contribution is 5.94. The second kappa shape index (κ2) is 9.25. The van der Waals surface area contributed by atoms with E-state index >= 15 is 0 Å². The maximum absolute atomic E-state index is 12.4. The van der Waals surface area contributed by atoms with E-state index in [-0.39, 0.29) is 12.0 Å². The number of ether oxygens (including phenoxy) is 1. The van der Waals surface area contributed by atoms with Crippen LogP contribution in [0, 0.1) is 0 Å². The Labute approximate surface area is 163 Å². The van der Waals surface area contributed by atoms with Crippen LogP contribution in [0.5, 0.6) is 0 Å². The monoisotopic (exact) mass is 374 g/mol. The van der Waals surface area contributed by atoms with Crippen molar-refractivity contribution < 1.29 is 14.3 Å². The van der Waals surface area contributed by atoms with E-state index < -0.39 is 5.60 Å². The van der Waals surface area contributed by atoms with Gasteiger partial charge in [-0.05, 0) is 77.5 Å². The van der Waals surface area contributed by atoms with Crippen molar-refractivity contribution in [2.24, 2.45) is 0 Å². The number of likely N-dealkylation sites (tertiary alicyclic amines) is 1. The molecule has 1 saturated heterocycles. The summed E-state index contributed by atoms with van der Waals surface area (Å²) in [7, 11) is 0. The number of hydrogen-bond donors (Lipinski definition) is 0. The number of amides is 2. The molecule has 1 heterocycles. The van der Waals surface area contributed by atoms with Crippen LogP contribution in [0.25, 0.3) is 0 Å². The van der Waals surface area contributed by atoms with Crippen molar-refractivity contribution in [3.63, 3.8) is 0 Å². The lowest BCUT2D eigenvalue weighted by atomic mass is 9.91. The van der Waals surface area contributed by atoms with Crippen molar-refractivity contribution in [3.05, 3.63) is 35.4 Å². The molecule has 0 spiro atoms.